The molecule has 31 heavy (non-hydrogen) atoms. The molecular formula is C23H22N4O4. The molecule has 2 heterocycles. The van der Waals surface area contributed by atoms with E-state index in [9.17, 15) is 14.4 Å². The molecule has 4 aromatic rings. The molecule has 2 aromatic heterocycles. The molecule has 8 heteroatoms. The minimum absolute atomic E-state index is 0.0926. The number of hydrogen-bond donors (Lipinski definition) is 2. The number of aryl methyl sites for hydroxylation is 1. The molecule has 0 atom stereocenters. The van der Waals surface area contributed by atoms with E-state index < -0.39 is 5.63 Å². The van der Waals surface area contributed by atoms with Gasteiger partial charge >= 0.3 is 5.63 Å². The van der Waals surface area contributed by atoms with Crippen molar-refractivity contribution < 1.29 is 9.21 Å². The predicted molar refractivity (Wildman–Crippen MR) is 120 cm³/mol. The molecule has 2 N–H and O–H groups in total. The maximum atomic E-state index is 12.9. The lowest BCUT2D eigenvalue weighted by Crippen LogP contribution is -2.25. The summed E-state index contributed by atoms with van der Waals surface area (Å²) in [5.74, 6) is -0.330. The van der Waals surface area contributed by atoms with Gasteiger partial charge < -0.3 is 15.1 Å². The smallest absolute Gasteiger partial charge is 0.336 e. The van der Waals surface area contributed by atoms with E-state index >= 15 is 0 Å². The molecule has 0 aliphatic carbocycles. The van der Waals surface area contributed by atoms with Crippen molar-refractivity contribution >= 4 is 28.3 Å². The number of nitrogens with zero attached hydrogens (tertiary/aromatic N) is 2. The van der Waals surface area contributed by atoms with Crippen LogP contribution in [0.1, 0.15) is 11.3 Å². The van der Waals surface area contributed by atoms with Gasteiger partial charge in [-0.15, -0.1) is 0 Å². The lowest BCUT2D eigenvalue weighted by Gasteiger charge is -2.08. The molecule has 0 bridgehead atoms. The quantitative estimate of drug-likeness (QED) is 0.486. The molecule has 0 saturated heterocycles. The second-order valence-corrected chi connectivity index (χ2v) is 7.30. The lowest BCUT2D eigenvalue weighted by atomic mass is 10.1. The third-order valence-electron chi connectivity index (χ3n) is 5.22. The highest BCUT2D eigenvalue weighted by Crippen LogP contribution is 2.21. The topological polar surface area (TPSA) is 98.3 Å². The van der Waals surface area contributed by atoms with Crippen LogP contribution in [0.15, 0.2) is 68.6 Å². The molecular weight excluding hydrogens is 396 g/mol. The number of benzene rings is 2. The molecule has 4 rings (SSSR count). The molecule has 1 amide bonds. The summed E-state index contributed by atoms with van der Waals surface area (Å²) in [5, 5.41) is 6.51. The number of amides is 1. The van der Waals surface area contributed by atoms with E-state index in [0.717, 1.165) is 16.6 Å². The van der Waals surface area contributed by atoms with Crippen LogP contribution in [0, 0.1) is 13.8 Å². The highest BCUT2D eigenvalue weighted by molar-refractivity contribution is 5.95. The molecule has 0 aliphatic heterocycles. The van der Waals surface area contributed by atoms with E-state index in [4.69, 9.17) is 4.42 Å². The second kappa shape index (κ2) is 7.98. The van der Waals surface area contributed by atoms with E-state index in [1.54, 1.807) is 34.6 Å². The number of carbonyl (C=O) groups excluding carboxylic acids is 1. The molecule has 0 saturated carbocycles. The number of carbonyl (C=O) groups is 1. The van der Waals surface area contributed by atoms with E-state index in [0.29, 0.717) is 22.7 Å². The van der Waals surface area contributed by atoms with Gasteiger partial charge in [0.2, 0.25) is 5.91 Å². The molecule has 0 fully saturated rings. The van der Waals surface area contributed by atoms with Crippen LogP contribution in [-0.4, -0.2) is 21.8 Å². The van der Waals surface area contributed by atoms with Crippen molar-refractivity contribution in [2.75, 3.05) is 17.2 Å². The average Bonchev–Trinajstić information content (AvgIpc) is 2.95. The van der Waals surface area contributed by atoms with Gasteiger partial charge in [0.25, 0.3) is 5.56 Å². The van der Waals surface area contributed by atoms with Crippen LogP contribution < -0.4 is 21.8 Å². The maximum Gasteiger partial charge on any atom is 0.336 e. The van der Waals surface area contributed by atoms with Gasteiger partial charge in [0.05, 0.1) is 17.9 Å². The number of nitrogens with one attached hydrogen (secondary N) is 2. The van der Waals surface area contributed by atoms with E-state index in [-0.39, 0.29) is 18.0 Å². The Morgan fingerprint density at radius 2 is 1.77 bits per heavy atom. The van der Waals surface area contributed by atoms with Gasteiger partial charge in [-0.25, -0.2) is 9.48 Å². The number of anilines is 2. The van der Waals surface area contributed by atoms with Crippen molar-refractivity contribution in [3.63, 3.8) is 0 Å². The summed E-state index contributed by atoms with van der Waals surface area (Å²) in [4.78, 5) is 37.0. The Bertz CT molecular complexity index is 1400. The molecule has 0 spiro atoms. The number of para-hydroxylation sites is 1. The molecule has 0 aliphatic rings. The summed E-state index contributed by atoms with van der Waals surface area (Å²) in [7, 11) is 1.79. The minimum Gasteiger partial charge on any atom is -0.423 e. The zero-order chi connectivity index (χ0) is 22.1. The van der Waals surface area contributed by atoms with Gasteiger partial charge in [-0.3, -0.25) is 14.3 Å². The molecule has 158 valence electrons. The van der Waals surface area contributed by atoms with Gasteiger partial charge in [-0.2, -0.15) is 0 Å². The summed E-state index contributed by atoms with van der Waals surface area (Å²) in [6.07, 6.45) is 0. The SMILES string of the molecule is Cc1cc(=O)oc2cc(NC(=O)CNc3c(C)n(C)n(-c4ccccc4)c3=O)ccc12. The lowest BCUT2D eigenvalue weighted by molar-refractivity contribution is -0.114. The Hall–Kier alpha value is -4.07. The molecule has 8 nitrogen and oxygen atoms in total. The fourth-order valence-corrected chi connectivity index (χ4v) is 3.55. The zero-order valence-electron chi connectivity index (χ0n) is 17.4. The molecule has 0 radical (unpaired) electrons. The van der Waals surface area contributed by atoms with Crippen LogP contribution in [0.5, 0.6) is 0 Å². The minimum atomic E-state index is -0.440. The summed E-state index contributed by atoms with van der Waals surface area (Å²) < 4.78 is 8.50. The van der Waals surface area contributed by atoms with Crippen molar-refractivity contribution in [1.82, 2.24) is 9.36 Å². The summed E-state index contributed by atoms with van der Waals surface area (Å²) in [6, 6.07) is 15.9. The predicted octanol–water partition coefficient (Wildman–Crippen LogP) is 2.95. The van der Waals surface area contributed by atoms with Gasteiger partial charge in [-0.05, 0) is 43.7 Å². The van der Waals surface area contributed by atoms with Gasteiger partial charge in [-0.1, -0.05) is 18.2 Å². The van der Waals surface area contributed by atoms with E-state index in [1.165, 1.54) is 6.07 Å². The summed E-state index contributed by atoms with van der Waals surface area (Å²) in [6.45, 7) is 3.55. The van der Waals surface area contributed by atoms with Crippen LogP contribution in [0.25, 0.3) is 16.7 Å². The van der Waals surface area contributed by atoms with Gasteiger partial charge in [0.1, 0.15) is 11.3 Å². The van der Waals surface area contributed by atoms with Crippen molar-refractivity contribution in [1.29, 1.82) is 0 Å². The van der Waals surface area contributed by atoms with Crippen molar-refractivity contribution in [3.05, 3.63) is 86.6 Å². The first-order valence-electron chi connectivity index (χ1n) is 9.77. The second-order valence-electron chi connectivity index (χ2n) is 7.30. The number of aromatic nitrogens is 2. The van der Waals surface area contributed by atoms with Crippen LogP contribution in [0.4, 0.5) is 11.4 Å². The number of fused-ring (bicyclic) bond motifs is 1. The zero-order valence-corrected chi connectivity index (χ0v) is 17.4. The van der Waals surface area contributed by atoms with Crippen molar-refractivity contribution in [2.24, 2.45) is 7.05 Å². The van der Waals surface area contributed by atoms with Crippen LogP contribution >= 0.6 is 0 Å². The Balaban J connectivity index is 1.51. The first-order chi connectivity index (χ1) is 14.8. The van der Waals surface area contributed by atoms with Crippen LogP contribution in [0.2, 0.25) is 0 Å². The highest BCUT2D eigenvalue weighted by atomic mass is 16.4. The Labute approximate surface area is 177 Å². The average molecular weight is 418 g/mol. The number of hydrogen-bond acceptors (Lipinski definition) is 5. The Kier molecular flexibility index (Phi) is 5.21. The highest BCUT2D eigenvalue weighted by Gasteiger charge is 2.16. The van der Waals surface area contributed by atoms with E-state index in [2.05, 4.69) is 10.6 Å². The van der Waals surface area contributed by atoms with Crippen LogP contribution in [-0.2, 0) is 11.8 Å². The van der Waals surface area contributed by atoms with Crippen molar-refractivity contribution in [3.8, 4) is 5.69 Å². The van der Waals surface area contributed by atoms with E-state index in [1.807, 2.05) is 44.2 Å². The number of rotatable bonds is 5. The maximum absolute atomic E-state index is 12.9. The third-order valence-corrected chi connectivity index (χ3v) is 5.22. The third kappa shape index (κ3) is 3.87. The molecule has 0 unspecified atom stereocenters. The van der Waals surface area contributed by atoms with Gasteiger partial charge in [0.15, 0.2) is 0 Å². The standard InChI is InChI=1S/C23H22N4O4/c1-14-11-21(29)31-19-12-16(9-10-18(14)19)25-20(28)13-24-22-15(2)26(3)27(23(22)30)17-7-5-4-6-8-17/h4-12,24H,13H2,1-3H3,(H,25,28). The fourth-order valence-electron chi connectivity index (χ4n) is 3.55. The first-order valence-corrected chi connectivity index (χ1v) is 9.77. The van der Waals surface area contributed by atoms with Crippen LogP contribution in [0.3, 0.4) is 0 Å². The Morgan fingerprint density at radius 3 is 2.52 bits per heavy atom. The van der Waals surface area contributed by atoms with Gasteiger partial charge in [0, 0.05) is 30.3 Å². The Morgan fingerprint density at radius 1 is 1.03 bits per heavy atom. The fraction of sp³-hybridized carbons (Fsp3) is 0.174. The first kappa shape index (κ1) is 20.2. The summed E-state index contributed by atoms with van der Waals surface area (Å²) in [5.41, 5.74) is 2.85. The van der Waals surface area contributed by atoms with Crippen molar-refractivity contribution in [2.45, 2.75) is 13.8 Å². The summed E-state index contributed by atoms with van der Waals surface area (Å²) >= 11 is 0. The largest absolute Gasteiger partial charge is 0.423 e. The normalized spacial score (nSPS) is 10.9. The monoisotopic (exact) mass is 418 g/mol. The molecule has 2 aromatic carbocycles.